The number of aromatic nitrogens is 3. The van der Waals surface area contributed by atoms with Crippen molar-refractivity contribution in [3.8, 4) is 40.2 Å². The lowest BCUT2D eigenvalue weighted by Crippen LogP contribution is -2.07. The predicted molar refractivity (Wildman–Crippen MR) is 141 cm³/mol. The minimum Gasteiger partial charge on any atom is -0.496 e. The van der Waals surface area contributed by atoms with E-state index in [-0.39, 0.29) is 17.9 Å². The molecule has 0 spiro atoms. The largest absolute Gasteiger partial charge is 0.496 e. The van der Waals surface area contributed by atoms with Crippen molar-refractivity contribution in [1.29, 1.82) is 0 Å². The van der Waals surface area contributed by atoms with Gasteiger partial charge in [0.05, 0.1) is 30.1 Å². The van der Waals surface area contributed by atoms with Gasteiger partial charge < -0.3 is 19.2 Å². The fraction of sp³-hybridized carbons (Fsp3) is 0.172. The molecule has 0 aliphatic carbocycles. The number of aryl methyl sites for hydroxylation is 1. The van der Waals surface area contributed by atoms with Crippen LogP contribution in [0.2, 0.25) is 0 Å². The summed E-state index contributed by atoms with van der Waals surface area (Å²) in [6.45, 7) is 1.87. The minimum atomic E-state index is -4.56. The van der Waals surface area contributed by atoms with Crippen LogP contribution >= 0.6 is 0 Å². The standard InChI is InChI=1S/C29H23F3N4O3/c1-18-33-17-26(39-18)21-13-12-19(16-25(21)38-3)34-23-10-6-14-36-24(11-7-15-37-2)27(35-28(23)36)20-8-4-5-9-22(20)29(30,31)32/h4-6,8-10,12-14,16-17,34H,15H2,1-3H3. The van der Waals surface area contributed by atoms with Gasteiger partial charge in [0.25, 0.3) is 0 Å². The van der Waals surface area contributed by atoms with Crippen LogP contribution in [-0.4, -0.2) is 35.2 Å². The van der Waals surface area contributed by atoms with Crippen molar-refractivity contribution in [2.24, 2.45) is 0 Å². The highest BCUT2D eigenvalue weighted by molar-refractivity contribution is 5.82. The number of rotatable bonds is 6. The lowest BCUT2D eigenvalue weighted by Gasteiger charge is -2.11. The number of imidazole rings is 1. The SMILES string of the molecule is COCC#Cc1c(-c2ccccc2C(F)(F)F)nc2c(Nc3ccc(-c4cnc(C)o4)c(OC)c3)cccn12. The van der Waals surface area contributed by atoms with E-state index in [9.17, 15) is 13.2 Å². The Balaban J connectivity index is 1.62. The van der Waals surface area contributed by atoms with E-state index in [4.69, 9.17) is 13.9 Å². The lowest BCUT2D eigenvalue weighted by molar-refractivity contribution is -0.137. The molecule has 10 heteroatoms. The van der Waals surface area contributed by atoms with Gasteiger partial charge in [-0.05, 0) is 36.3 Å². The van der Waals surface area contributed by atoms with Gasteiger partial charge in [-0.15, -0.1) is 0 Å². The molecule has 0 radical (unpaired) electrons. The van der Waals surface area contributed by atoms with Crippen LogP contribution in [0.3, 0.4) is 0 Å². The van der Waals surface area contributed by atoms with Crippen molar-refractivity contribution in [1.82, 2.24) is 14.4 Å². The molecule has 0 amide bonds. The number of pyridine rings is 1. The smallest absolute Gasteiger partial charge is 0.417 e. The van der Waals surface area contributed by atoms with E-state index in [0.717, 1.165) is 11.6 Å². The average Bonchev–Trinajstić information content (AvgIpc) is 3.52. The molecule has 198 valence electrons. The van der Waals surface area contributed by atoms with Crippen molar-refractivity contribution in [2.75, 3.05) is 26.1 Å². The molecule has 0 unspecified atom stereocenters. The second kappa shape index (κ2) is 10.6. The Morgan fingerprint density at radius 1 is 1.05 bits per heavy atom. The number of fused-ring (bicyclic) bond motifs is 1. The molecule has 0 atom stereocenters. The van der Waals surface area contributed by atoms with Gasteiger partial charge in [0.1, 0.15) is 23.7 Å². The molecule has 5 aromatic rings. The first kappa shape index (κ1) is 25.9. The van der Waals surface area contributed by atoms with Crippen molar-refractivity contribution < 1.29 is 27.1 Å². The van der Waals surface area contributed by atoms with E-state index in [0.29, 0.717) is 40.1 Å². The van der Waals surface area contributed by atoms with Gasteiger partial charge in [0.15, 0.2) is 17.3 Å². The van der Waals surface area contributed by atoms with Crippen LogP contribution in [0.1, 0.15) is 17.1 Å². The first-order valence-electron chi connectivity index (χ1n) is 11.8. The van der Waals surface area contributed by atoms with E-state index in [1.165, 1.54) is 19.2 Å². The summed E-state index contributed by atoms with van der Waals surface area (Å²) in [5.74, 6) is 7.44. The van der Waals surface area contributed by atoms with Crippen LogP contribution < -0.4 is 10.1 Å². The van der Waals surface area contributed by atoms with Crippen molar-refractivity contribution in [3.05, 3.63) is 84.1 Å². The third-order valence-electron chi connectivity index (χ3n) is 5.93. The molecule has 5 rings (SSSR count). The number of benzene rings is 2. The summed E-state index contributed by atoms with van der Waals surface area (Å²) >= 11 is 0. The summed E-state index contributed by atoms with van der Waals surface area (Å²) in [6.07, 6.45) is -1.23. The van der Waals surface area contributed by atoms with Gasteiger partial charge in [-0.2, -0.15) is 13.2 Å². The predicted octanol–water partition coefficient (Wildman–Crippen LogP) is 6.73. The van der Waals surface area contributed by atoms with Gasteiger partial charge in [0, 0.05) is 37.5 Å². The summed E-state index contributed by atoms with van der Waals surface area (Å²) < 4.78 is 59.6. The molecule has 0 fully saturated rings. The van der Waals surface area contributed by atoms with E-state index in [1.807, 2.05) is 12.1 Å². The van der Waals surface area contributed by atoms with Gasteiger partial charge in [0.2, 0.25) is 0 Å². The van der Waals surface area contributed by atoms with E-state index in [2.05, 4.69) is 27.1 Å². The number of hydrogen-bond acceptors (Lipinski definition) is 6. The maximum absolute atomic E-state index is 13.9. The molecule has 3 heterocycles. The molecule has 2 aromatic carbocycles. The summed E-state index contributed by atoms with van der Waals surface area (Å²) in [5.41, 5.74) is 1.95. The summed E-state index contributed by atoms with van der Waals surface area (Å²) in [6, 6.07) is 14.3. The minimum absolute atomic E-state index is 0.0604. The van der Waals surface area contributed by atoms with E-state index < -0.39 is 11.7 Å². The maximum Gasteiger partial charge on any atom is 0.417 e. The second-order valence-electron chi connectivity index (χ2n) is 8.49. The van der Waals surface area contributed by atoms with E-state index in [1.54, 1.807) is 55.1 Å². The molecular weight excluding hydrogens is 509 g/mol. The van der Waals surface area contributed by atoms with Crippen LogP contribution in [0, 0.1) is 18.8 Å². The zero-order chi connectivity index (χ0) is 27.6. The third kappa shape index (κ3) is 5.17. The fourth-order valence-corrected chi connectivity index (χ4v) is 4.22. The number of halogens is 3. The van der Waals surface area contributed by atoms with Crippen molar-refractivity contribution >= 4 is 17.0 Å². The molecule has 7 nitrogen and oxygen atoms in total. The Morgan fingerprint density at radius 2 is 1.87 bits per heavy atom. The monoisotopic (exact) mass is 532 g/mol. The van der Waals surface area contributed by atoms with Crippen LogP contribution in [-0.2, 0) is 10.9 Å². The number of ether oxygens (including phenoxy) is 2. The van der Waals surface area contributed by atoms with Gasteiger partial charge >= 0.3 is 6.18 Å². The Hall–Kier alpha value is -4.75. The van der Waals surface area contributed by atoms with Crippen molar-refractivity contribution in [2.45, 2.75) is 13.1 Å². The summed E-state index contributed by atoms with van der Waals surface area (Å²) in [5, 5.41) is 3.30. The number of nitrogens with zero attached hydrogens (tertiary/aromatic N) is 3. The first-order valence-corrected chi connectivity index (χ1v) is 11.8. The molecule has 0 aliphatic heterocycles. The van der Waals surface area contributed by atoms with Crippen molar-refractivity contribution in [3.63, 3.8) is 0 Å². The molecular formula is C29H23F3N4O3. The highest BCUT2D eigenvalue weighted by atomic mass is 19.4. The Bertz CT molecular complexity index is 1710. The molecule has 39 heavy (non-hydrogen) atoms. The van der Waals surface area contributed by atoms with Crippen LogP contribution in [0.5, 0.6) is 5.75 Å². The first-order chi connectivity index (χ1) is 18.8. The van der Waals surface area contributed by atoms with Gasteiger partial charge in [-0.25, -0.2) is 9.97 Å². The molecule has 0 saturated heterocycles. The highest BCUT2D eigenvalue weighted by Gasteiger charge is 2.34. The molecule has 0 bridgehead atoms. The van der Waals surface area contributed by atoms with E-state index >= 15 is 0 Å². The Labute approximate surface area is 222 Å². The lowest BCUT2D eigenvalue weighted by atomic mass is 10.0. The van der Waals surface area contributed by atoms with Crippen LogP contribution in [0.25, 0.3) is 28.2 Å². The third-order valence-corrected chi connectivity index (χ3v) is 5.93. The molecule has 3 aromatic heterocycles. The zero-order valence-corrected chi connectivity index (χ0v) is 21.3. The molecule has 1 N–H and O–H groups in total. The number of methoxy groups -OCH3 is 2. The van der Waals surface area contributed by atoms with Gasteiger partial charge in [-0.1, -0.05) is 24.1 Å². The highest BCUT2D eigenvalue weighted by Crippen LogP contribution is 2.39. The normalized spacial score (nSPS) is 11.3. The summed E-state index contributed by atoms with van der Waals surface area (Å²) in [4.78, 5) is 8.78. The summed E-state index contributed by atoms with van der Waals surface area (Å²) in [7, 11) is 3.05. The topological polar surface area (TPSA) is 73.8 Å². The zero-order valence-electron chi connectivity index (χ0n) is 21.3. The fourth-order valence-electron chi connectivity index (χ4n) is 4.22. The maximum atomic E-state index is 13.9. The number of oxazole rings is 1. The Kier molecular flexibility index (Phi) is 7.00. The number of anilines is 2. The van der Waals surface area contributed by atoms with Gasteiger partial charge in [-0.3, -0.25) is 4.40 Å². The van der Waals surface area contributed by atoms with Crippen LogP contribution in [0.15, 0.2) is 71.4 Å². The quantitative estimate of drug-likeness (QED) is 0.244. The molecule has 0 aliphatic rings. The number of nitrogens with one attached hydrogen (secondary N) is 1. The number of alkyl halides is 3. The average molecular weight is 533 g/mol. The van der Waals surface area contributed by atoms with Crippen LogP contribution in [0.4, 0.5) is 24.5 Å². The molecule has 0 saturated carbocycles. The number of hydrogen-bond donors (Lipinski definition) is 1. The second-order valence-corrected chi connectivity index (χ2v) is 8.49. The Morgan fingerprint density at radius 3 is 2.59 bits per heavy atom.